The molecular weight excluding hydrogens is 230 g/mol. The molecule has 0 unspecified atom stereocenters. The number of amides is 1. The summed E-state index contributed by atoms with van der Waals surface area (Å²) < 4.78 is 0. The quantitative estimate of drug-likeness (QED) is 0.851. The van der Waals surface area contributed by atoms with Gasteiger partial charge in [0.1, 0.15) is 11.5 Å². The highest BCUT2D eigenvalue weighted by molar-refractivity contribution is 6.03. The van der Waals surface area contributed by atoms with Gasteiger partial charge >= 0.3 is 0 Å². The summed E-state index contributed by atoms with van der Waals surface area (Å²) in [7, 11) is 1.64. The predicted octanol–water partition coefficient (Wildman–Crippen LogP) is 1.04. The Bertz CT molecular complexity index is 550. The zero-order valence-corrected chi connectivity index (χ0v) is 10.2. The topological polar surface area (TPSA) is 85.0 Å². The van der Waals surface area contributed by atoms with Gasteiger partial charge < -0.3 is 5.73 Å². The van der Waals surface area contributed by atoms with Gasteiger partial charge in [-0.2, -0.15) is 0 Å². The van der Waals surface area contributed by atoms with E-state index < -0.39 is 0 Å². The van der Waals surface area contributed by atoms with Gasteiger partial charge in [-0.15, -0.1) is 0 Å². The van der Waals surface area contributed by atoms with Crippen molar-refractivity contribution in [2.24, 2.45) is 0 Å². The molecule has 2 heterocycles. The van der Waals surface area contributed by atoms with Crippen LogP contribution >= 0.6 is 0 Å². The van der Waals surface area contributed by atoms with E-state index >= 15 is 0 Å². The van der Waals surface area contributed by atoms with E-state index in [9.17, 15) is 4.79 Å². The van der Waals surface area contributed by atoms with E-state index in [2.05, 4.69) is 15.0 Å². The van der Waals surface area contributed by atoms with E-state index in [1.54, 1.807) is 38.4 Å². The highest BCUT2D eigenvalue weighted by Gasteiger charge is 2.16. The van der Waals surface area contributed by atoms with Crippen molar-refractivity contribution in [2.75, 3.05) is 17.7 Å². The summed E-state index contributed by atoms with van der Waals surface area (Å²) in [5.74, 6) is 0.371. The van der Waals surface area contributed by atoms with Gasteiger partial charge in [-0.1, -0.05) is 6.07 Å². The number of aryl methyl sites for hydroxylation is 1. The van der Waals surface area contributed by atoms with Crippen LogP contribution in [0.5, 0.6) is 0 Å². The molecule has 0 spiro atoms. The molecule has 0 aromatic carbocycles. The molecule has 92 valence electrons. The maximum absolute atomic E-state index is 12.2. The molecule has 0 radical (unpaired) electrons. The van der Waals surface area contributed by atoms with Crippen LogP contribution in [-0.2, 0) is 0 Å². The zero-order valence-electron chi connectivity index (χ0n) is 10.2. The van der Waals surface area contributed by atoms with Gasteiger partial charge in [0.25, 0.3) is 5.91 Å². The number of nitrogens with zero attached hydrogens (tertiary/aromatic N) is 4. The van der Waals surface area contributed by atoms with E-state index in [1.165, 1.54) is 4.90 Å². The minimum Gasteiger partial charge on any atom is -0.368 e. The molecule has 0 aliphatic carbocycles. The molecule has 2 N–H and O–H groups in total. The molecule has 0 atom stereocenters. The molecule has 0 bridgehead atoms. The molecule has 0 aliphatic rings. The van der Waals surface area contributed by atoms with E-state index in [0.29, 0.717) is 11.5 Å². The summed E-state index contributed by atoms with van der Waals surface area (Å²) in [6.07, 6.45) is 1.62. The fourth-order valence-electron chi connectivity index (χ4n) is 1.53. The Morgan fingerprint density at radius 3 is 2.72 bits per heavy atom. The van der Waals surface area contributed by atoms with Crippen LogP contribution in [0.1, 0.15) is 16.2 Å². The molecule has 0 saturated heterocycles. The number of hydrogen-bond acceptors (Lipinski definition) is 5. The Balaban J connectivity index is 2.31. The number of hydrogen-bond donors (Lipinski definition) is 1. The van der Waals surface area contributed by atoms with Crippen molar-refractivity contribution in [3.8, 4) is 0 Å². The first-order valence-corrected chi connectivity index (χ1v) is 5.38. The summed E-state index contributed by atoms with van der Waals surface area (Å²) in [5, 5.41) is 0. The number of carbonyl (C=O) groups is 1. The molecule has 1 amide bonds. The second kappa shape index (κ2) is 4.79. The van der Waals surface area contributed by atoms with Crippen molar-refractivity contribution in [2.45, 2.75) is 6.92 Å². The van der Waals surface area contributed by atoms with Gasteiger partial charge in [0.2, 0.25) is 5.95 Å². The van der Waals surface area contributed by atoms with E-state index in [4.69, 9.17) is 5.73 Å². The first-order valence-electron chi connectivity index (χ1n) is 5.38. The second-order valence-electron chi connectivity index (χ2n) is 3.80. The van der Waals surface area contributed by atoms with Crippen molar-refractivity contribution in [1.29, 1.82) is 0 Å². The average Bonchev–Trinajstić information content (AvgIpc) is 2.37. The Labute approximate surface area is 105 Å². The van der Waals surface area contributed by atoms with Crippen molar-refractivity contribution >= 4 is 17.7 Å². The van der Waals surface area contributed by atoms with Gasteiger partial charge in [-0.05, 0) is 25.1 Å². The van der Waals surface area contributed by atoms with Gasteiger partial charge in [0, 0.05) is 18.9 Å². The Kier molecular flexibility index (Phi) is 3.18. The lowest BCUT2D eigenvalue weighted by Crippen LogP contribution is -2.28. The van der Waals surface area contributed by atoms with Crippen molar-refractivity contribution in [3.63, 3.8) is 0 Å². The number of rotatable bonds is 2. The number of carbonyl (C=O) groups excluding carboxylic acids is 1. The van der Waals surface area contributed by atoms with E-state index in [0.717, 1.165) is 0 Å². The Hall–Kier alpha value is -2.50. The average molecular weight is 243 g/mol. The number of nitrogen functional groups attached to an aromatic ring is 1. The van der Waals surface area contributed by atoms with Crippen LogP contribution in [0.15, 0.2) is 30.5 Å². The normalized spacial score (nSPS) is 10.1. The minimum atomic E-state index is -0.272. The summed E-state index contributed by atoms with van der Waals surface area (Å²) in [4.78, 5) is 25.6. The maximum atomic E-state index is 12.2. The third kappa shape index (κ3) is 2.42. The lowest BCUT2D eigenvalue weighted by atomic mass is 10.3. The van der Waals surface area contributed by atoms with Crippen molar-refractivity contribution in [1.82, 2.24) is 15.0 Å². The molecule has 0 saturated carbocycles. The molecular formula is C12H13N5O. The maximum Gasteiger partial charge on any atom is 0.277 e. The lowest BCUT2D eigenvalue weighted by Gasteiger charge is -2.15. The third-order valence-corrected chi connectivity index (χ3v) is 2.39. The van der Waals surface area contributed by atoms with Gasteiger partial charge in [0.05, 0.1) is 0 Å². The molecule has 2 aromatic heterocycles. The Morgan fingerprint density at radius 1 is 1.33 bits per heavy atom. The van der Waals surface area contributed by atoms with E-state index in [1.807, 2.05) is 6.07 Å². The largest absolute Gasteiger partial charge is 0.368 e. The molecule has 18 heavy (non-hydrogen) atoms. The highest BCUT2D eigenvalue weighted by Crippen LogP contribution is 2.11. The monoisotopic (exact) mass is 243 g/mol. The standard InChI is InChI=1S/C12H13N5O/c1-8-7-9(16-12(13)15-8)11(18)17(2)10-5-3-4-6-14-10/h3-7H,1-2H3,(H2,13,15,16). The molecule has 6 nitrogen and oxygen atoms in total. The summed E-state index contributed by atoms with van der Waals surface area (Å²) in [5.41, 5.74) is 6.44. The molecule has 2 rings (SSSR count). The van der Waals surface area contributed by atoms with Crippen molar-refractivity contribution < 1.29 is 4.79 Å². The van der Waals surface area contributed by atoms with Crippen LogP contribution < -0.4 is 10.6 Å². The fourth-order valence-corrected chi connectivity index (χ4v) is 1.53. The first kappa shape index (κ1) is 12.0. The third-order valence-electron chi connectivity index (χ3n) is 2.39. The Morgan fingerprint density at radius 2 is 2.11 bits per heavy atom. The molecule has 2 aromatic rings. The predicted molar refractivity (Wildman–Crippen MR) is 68.2 cm³/mol. The van der Waals surface area contributed by atoms with Gasteiger partial charge in [0.15, 0.2) is 0 Å². The van der Waals surface area contributed by atoms with Crippen LogP contribution in [-0.4, -0.2) is 27.9 Å². The minimum absolute atomic E-state index is 0.0905. The second-order valence-corrected chi connectivity index (χ2v) is 3.80. The summed E-state index contributed by atoms with van der Waals surface area (Å²) in [6.45, 7) is 1.76. The van der Waals surface area contributed by atoms with Crippen LogP contribution in [0.4, 0.5) is 11.8 Å². The molecule has 0 fully saturated rings. The molecule has 0 aliphatic heterocycles. The first-order chi connectivity index (χ1) is 8.58. The SMILES string of the molecule is Cc1cc(C(=O)N(C)c2ccccn2)nc(N)n1. The molecule has 6 heteroatoms. The van der Waals surface area contributed by atoms with Gasteiger partial charge in [-0.25, -0.2) is 15.0 Å². The smallest absolute Gasteiger partial charge is 0.277 e. The van der Waals surface area contributed by atoms with Crippen LogP contribution in [0.3, 0.4) is 0 Å². The number of nitrogens with two attached hydrogens (primary N) is 1. The number of aromatic nitrogens is 3. The fraction of sp³-hybridized carbons (Fsp3) is 0.167. The van der Waals surface area contributed by atoms with Crippen LogP contribution in [0.2, 0.25) is 0 Å². The number of anilines is 2. The van der Waals surface area contributed by atoms with Crippen LogP contribution in [0, 0.1) is 6.92 Å². The summed E-state index contributed by atoms with van der Waals surface area (Å²) in [6, 6.07) is 6.94. The van der Waals surface area contributed by atoms with Gasteiger partial charge in [-0.3, -0.25) is 9.69 Å². The summed E-state index contributed by atoms with van der Waals surface area (Å²) >= 11 is 0. The lowest BCUT2D eigenvalue weighted by molar-refractivity contribution is 0.0987. The van der Waals surface area contributed by atoms with E-state index in [-0.39, 0.29) is 17.5 Å². The van der Waals surface area contributed by atoms with Crippen LogP contribution in [0.25, 0.3) is 0 Å². The highest BCUT2D eigenvalue weighted by atomic mass is 16.2. The number of pyridine rings is 1. The zero-order chi connectivity index (χ0) is 13.1. The van der Waals surface area contributed by atoms with Crippen molar-refractivity contribution in [3.05, 3.63) is 41.9 Å².